The number of benzene rings is 1. The van der Waals surface area contributed by atoms with Crippen LogP contribution in [0.25, 0.3) is 0 Å². The van der Waals surface area contributed by atoms with Gasteiger partial charge < -0.3 is 10.4 Å². The van der Waals surface area contributed by atoms with E-state index < -0.39 is 0 Å². The summed E-state index contributed by atoms with van der Waals surface area (Å²) < 4.78 is 0. The molecule has 0 aliphatic heterocycles. The number of hydrogen-bond donors (Lipinski definition) is 2. The number of nitrogens with one attached hydrogen (secondary N) is 1. The van der Waals surface area contributed by atoms with Crippen molar-refractivity contribution in [3.63, 3.8) is 0 Å². The molecule has 1 rings (SSSR count). The van der Waals surface area contributed by atoms with Crippen LogP contribution in [0.4, 0.5) is 0 Å². The highest BCUT2D eigenvalue weighted by Gasteiger charge is 1.97. The molecule has 0 bridgehead atoms. The minimum absolute atomic E-state index is 0.374. The van der Waals surface area contributed by atoms with Gasteiger partial charge >= 0.3 is 0 Å². The van der Waals surface area contributed by atoms with Gasteiger partial charge in [0.25, 0.3) is 0 Å². The van der Waals surface area contributed by atoms with E-state index in [9.17, 15) is 5.11 Å². The molecule has 0 spiro atoms. The molecule has 12 heavy (non-hydrogen) atoms. The van der Waals surface area contributed by atoms with E-state index >= 15 is 0 Å². The molecule has 3 heteroatoms. The molecule has 0 saturated heterocycles. The molecule has 0 amide bonds. The summed E-state index contributed by atoms with van der Waals surface area (Å²) in [6.07, 6.45) is 0. The highest BCUT2D eigenvalue weighted by Crippen LogP contribution is 2.26. The van der Waals surface area contributed by atoms with Gasteiger partial charge in [-0.25, -0.2) is 0 Å². The number of thioether (sulfide) groups is 1. The van der Waals surface area contributed by atoms with Crippen LogP contribution in [0.3, 0.4) is 0 Å². The Morgan fingerprint density at radius 2 is 2.17 bits per heavy atom. The Labute approximate surface area is 77.0 Å². The first-order valence-corrected chi connectivity index (χ1v) is 4.88. The van der Waals surface area contributed by atoms with Crippen LogP contribution in [0.5, 0.6) is 5.75 Å². The lowest BCUT2D eigenvalue weighted by Crippen LogP contribution is -2.09. The van der Waals surface area contributed by atoms with E-state index in [1.807, 2.05) is 25.2 Å². The van der Waals surface area contributed by atoms with Crippen molar-refractivity contribution in [1.29, 1.82) is 0 Å². The predicted octanol–water partition coefficient (Wildman–Crippen LogP) is 1.70. The van der Waals surface area contributed by atoms with E-state index in [1.54, 1.807) is 17.8 Å². The normalized spacial score (nSPS) is 10.1. The topological polar surface area (TPSA) is 32.3 Å². The van der Waals surface area contributed by atoms with Gasteiger partial charge in [0, 0.05) is 17.2 Å². The SMILES string of the molecule is CNCCSc1ccccc1O. The zero-order valence-corrected chi connectivity index (χ0v) is 7.90. The third kappa shape index (κ3) is 2.75. The molecule has 1 aromatic carbocycles. The Bertz CT molecular complexity index is 240. The molecular weight excluding hydrogens is 170 g/mol. The Hall–Kier alpha value is -0.670. The van der Waals surface area contributed by atoms with E-state index in [-0.39, 0.29) is 0 Å². The number of para-hydroxylation sites is 1. The van der Waals surface area contributed by atoms with Crippen LogP contribution >= 0.6 is 11.8 Å². The van der Waals surface area contributed by atoms with Crippen molar-refractivity contribution >= 4 is 11.8 Å². The second kappa shape index (κ2) is 5.06. The van der Waals surface area contributed by atoms with Crippen molar-refractivity contribution in [2.45, 2.75) is 4.90 Å². The fourth-order valence-electron chi connectivity index (χ4n) is 0.842. The molecule has 66 valence electrons. The molecule has 2 nitrogen and oxygen atoms in total. The summed E-state index contributed by atoms with van der Waals surface area (Å²) in [6, 6.07) is 7.40. The van der Waals surface area contributed by atoms with E-state index in [0.29, 0.717) is 5.75 Å². The molecule has 2 N–H and O–H groups in total. The summed E-state index contributed by atoms with van der Waals surface area (Å²) in [5, 5.41) is 12.4. The first kappa shape index (κ1) is 9.42. The van der Waals surface area contributed by atoms with Crippen molar-refractivity contribution < 1.29 is 5.11 Å². The highest BCUT2D eigenvalue weighted by molar-refractivity contribution is 7.99. The number of hydrogen-bond acceptors (Lipinski definition) is 3. The molecule has 0 radical (unpaired) electrons. The molecule has 0 aromatic heterocycles. The van der Waals surface area contributed by atoms with Gasteiger partial charge in [-0.2, -0.15) is 0 Å². The van der Waals surface area contributed by atoms with Crippen molar-refractivity contribution in [3.8, 4) is 5.75 Å². The lowest BCUT2D eigenvalue weighted by atomic mass is 10.3. The Kier molecular flexibility index (Phi) is 3.97. The molecule has 0 saturated carbocycles. The summed E-state index contributed by atoms with van der Waals surface area (Å²) in [7, 11) is 1.92. The summed E-state index contributed by atoms with van der Waals surface area (Å²) in [4.78, 5) is 0.952. The fourth-order valence-corrected chi connectivity index (χ4v) is 1.76. The van der Waals surface area contributed by atoms with E-state index in [0.717, 1.165) is 17.2 Å². The average molecular weight is 183 g/mol. The first-order valence-electron chi connectivity index (χ1n) is 3.90. The maximum Gasteiger partial charge on any atom is 0.129 e. The van der Waals surface area contributed by atoms with Crippen LogP contribution < -0.4 is 5.32 Å². The minimum atomic E-state index is 0.374. The minimum Gasteiger partial charge on any atom is -0.507 e. The van der Waals surface area contributed by atoms with Gasteiger partial charge in [0.2, 0.25) is 0 Å². The number of rotatable bonds is 4. The monoisotopic (exact) mass is 183 g/mol. The van der Waals surface area contributed by atoms with Crippen molar-refractivity contribution in [2.24, 2.45) is 0 Å². The third-order valence-electron chi connectivity index (χ3n) is 1.47. The quantitative estimate of drug-likeness (QED) is 0.550. The van der Waals surface area contributed by atoms with Gasteiger partial charge in [-0.15, -0.1) is 11.8 Å². The zero-order valence-electron chi connectivity index (χ0n) is 7.08. The van der Waals surface area contributed by atoms with Gasteiger partial charge in [-0.3, -0.25) is 0 Å². The van der Waals surface area contributed by atoms with Crippen LogP contribution in [0.2, 0.25) is 0 Å². The van der Waals surface area contributed by atoms with Crippen LogP contribution in [-0.4, -0.2) is 24.5 Å². The molecule has 0 atom stereocenters. The van der Waals surface area contributed by atoms with Crippen molar-refractivity contribution in [2.75, 3.05) is 19.3 Å². The molecule has 1 aromatic rings. The van der Waals surface area contributed by atoms with Gasteiger partial charge in [0.1, 0.15) is 5.75 Å². The van der Waals surface area contributed by atoms with E-state index in [4.69, 9.17) is 0 Å². The maximum atomic E-state index is 9.37. The lowest BCUT2D eigenvalue weighted by Gasteiger charge is -2.02. The van der Waals surface area contributed by atoms with Gasteiger partial charge in [-0.05, 0) is 19.2 Å². The largest absolute Gasteiger partial charge is 0.507 e. The molecule has 0 heterocycles. The third-order valence-corrected chi connectivity index (χ3v) is 2.54. The lowest BCUT2D eigenvalue weighted by molar-refractivity contribution is 0.462. The highest BCUT2D eigenvalue weighted by atomic mass is 32.2. The summed E-state index contributed by atoms with van der Waals surface area (Å²) >= 11 is 1.66. The average Bonchev–Trinajstić information content (AvgIpc) is 2.09. The van der Waals surface area contributed by atoms with Gasteiger partial charge in [0.15, 0.2) is 0 Å². The molecular formula is C9H13NOS. The van der Waals surface area contributed by atoms with Crippen LogP contribution in [0.1, 0.15) is 0 Å². The predicted molar refractivity (Wildman–Crippen MR) is 52.8 cm³/mol. The van der Waals surface area contributed by atoms with E-state index in [1.165, 1.54) is 0 Å². The van der Waals surface area contributed by atoms with Crippen LogP contribution in [0, 0.1) is 0 Å². The summed E-state index contributed by atoms with van der Waals surface area (Å²) in [6.45, 7) is 0.957. The second-order valence-corrected chi connectivity index (χ2v) is 3.56. The molecule has 0 fully saturated rings. The Morgan fingerprint density at radius 1 is 1.42 bits per heavy atom. The van der Waals surface area contributed by atoms with E-state index in [2.05, 4.69) is 5.32 Å². The first-order chi connectivity index (χ1) is 5.84. The number of phenolic OH excluding ortho intramolecular Hbond substituents is 1. The second-order valence-electron chi connectivity index (χ2n) is 2.42. The smallest absolute Gasteiger partial charge is 0.129 e. The van der Waals surface area contributed by atoms with Gasteiger partial charge in [0.05, 0.1) is 0 Å². The summed E-state index contributed by atoms with van der Waals surface area (Å²) in [5.74, 6) is 1.35. The molecule has 0 unspecified atom stereocenters. The molecule has 0 aliphatic carbocycles. The van der Waals surface area contributed by atoms with Crippen molar-refractivity contribution in [1.82, 2.24) is 5.32 Å². The van der Waals surface area contributed by atoms with Gasteiger partial charge in [-0.1, -0.05) is 12.1 Å². The van der Waals surface area contributed by atoms with Crippen LogP contribution in [0.15, 0.2) is 29.2 Å². The Morgan fingerprint density at radius 3 is 2.83 bits per heavy atom. The van der Waals surface area contributed by atoms with Crippen molar-refractivity contribution in [3.05, 3.63) is 24.3 Å². The maximum absolute atomic E-state index is 9.37. The standard InChI is InChI=1S/C9H13NOS/c1-10-6-7-12-9-5-3-2-4-8(9)11/h2-5,10-11H,6-7H2,1H3. The number of aromatic hydroxyl groups is 1. The Balaban J connectivity index is 2.46. The number of phenols is 1. The zero-order chi connectivity index (χ0) is 8.81. The van der Waals surface area contributed by atoms with Crippen LogP contribution in [-0.2, 0) is 0 Å². The molecule has 0 aliphatic rings. The fraction of sp³-hybridized carbons (Fsp3) is 0.333. The summed E-state index contributed by atoms with van der Waals surface area (Å²) in [5.41, 5.74) is 0.